The van der Waals surface area contributed by atoms with Gasteiger partial charge in [0.25, 0.3) is 5.91 Å². The molecule has 6 nitrogen and oxygen atoms in total. The van der Waals surface area contributed by atoms with Crippen molar-refractivity contribution in [2.75, 3.05) is 6.54 Å². The highest BCUT2D eigenvalue weighted by molar-refractivity contribution is 5.97. The molecule has 3 aromatic carbocycles. The Hall–Kier alpha value is -4.07. The topological polar surface area (TPSA) is 90.7 Å². The standard InChI is InChI=1S/C26H22F2N2O4/c27-22-12-19(14-29)21(13-23(22)28)17-6-8-20(9-7-17)34-15-16-3-1-4-18(11-16)25(31)30-10-2-5-24(30)26(32)33/h1,3-4,6-9,11-14,24,29H,2,5,10,15H2,(H,32,33)/t24-/m0/s1. The van der Waals surface area contributed by atoms with E-state index < -0.39 is 23.6 Å². The van der Waals surface area contributed by atoms with Gasteiger partial charge in [-0.3, -0.25) is 4.79 Å². The number of hydrogen-bond acceptors (Lipinski definition) is 4. The van der Waals surface area contributed by atoms with Gasteiger partial charge in [0, 0.05) is 23.9 Å². The van der Waals surface area contributed by atoms with E-state index in [1.807, 2.05) is 6.07 Å². The van der Waals surface area contributed by atoms with E-state index in [0.29, 0.717) is 41.8 Å². The number of carboxylic acid groups (broad SMARTS) is 1. The summed E-state index contributed by atoms with van der Waals surface area (Å²) in [6.45, 7) is 0.597. The minimum Gasteiger partial charge on any atom is -0.489 e. The fourth-order valence-corrected chi connectivity index (χ4v) is 4.06. The third-order valence-electron chi connectivity index (χ3n) is 5.79. The van der Waals surface area contributed by atoms with Crippen LogP contribution in [-0.4, -0.2) is 40.7 Å². The highest BCUT2D eigenvalue weighted by atomic mass is 19.2. The average Bonchev–Trinajstić information content (AvgIpc) is 3.35. The second-order valence-corrected chi connectivity index (χ2v) is 8.01. The summed E-state index contributed by atoms with van der Waals surface area (Å²) in [4.78, 5) is 25.6. The van der Waals surface area contributed by atoms with Crippen molar-refractivity contribution in [2.45, 2.75) is 25.5 Å². The Morgan fingerprint density at radius 2 is 1.82 bits per heavy atom. The van der Waals surface area contributed by atoms with Gasteiger partial charge in [0.05, 0.1) is 0 Å². The van der Waals surface area contributed by atoms with Crippen LogP contribution >= 0.6 is 0 Å². The molecule has 0 aromatic heterocycles. The number of amides is 1. The van der Waals surface area contributed by atoms with Crippen molar-refractivity contribution in [3.8, 4) is 16.9 Å². The van der Waals surface area contributed by atoms with Gasteiger partial charge in [0.15, 0.2) is 11.6 Å². The molecule has 0 unspecified atom stereocenters. The predicted molar refractivity (Wildman–Crippen MR) is 122 cm³/mol. The molecule has 0 aliphatic carbocycles. The minimum absolute atomic E-state index is 0.180. The zero-order valence-corrected chi connectivity index (χ0v) is 18.1. The molecule has 0 bridgehead atoms. The molecule has 8 heteroatoms. The van der Waals surface area contributed by atoms with E-state index in [-0.39, 0.29) is 18.1 Å². The summed E-state index contributed by atoms with van der Waals surface area (Å²) >= 11 is 0. The van der Waals surface area contributed by atoms with Gasteiger partial charge < -0.3 is 20.2 Å². The molecule has 1 saturated heterocycles. The van der Waals surface area contributed by atoms with Crippen LogP contribution in [0.4, 0.5) is 8.78 Å². The van der Waals surface area contributed by atoms with Crippen LogP contribution in [0.2, 0.25) is 0 Å². The van der Waals surface area contributed by atoms with Crippen molar-refractivity contribution in [1.82, 2.24) is 4.90 Å². The summed E-state index contributed by atoms with van der Waals surface area (Å²) in [5, 5.41) is 16.8. The predicted octanol–water partition coefficient (Wildman–Crippen LogP) is 4.90. The summed E-state index contributed by atoms with van der Waals surface area (Å²) in [5.41, 5.74) is 2.41. The molecule has 1 aliphatic rings. The quantitative estimate of drug-likeness (QED) is 0.487. The van der Waals surface area contributed by atoms with Crippen molar-refractivity contribution in [2.24, 2.45) is 0 Å². The number of halogens is 2. The van der Waals surface area contributed by atoms with E-state index in [1.54, 1.807) is 42.5 Å². The van der Waals surface area contributed by atoms with Gasteiger partial charge in [-0.25, -0.2) is 13.6 Å². The Kier molecular flexibility index (Phi) is 6.67. The highest BCUT2D eigenvalue weighted by Gasteiger charge is 2.34. The summed E-state index contributed by atoms with van der Waals surface area (Å²) in [6.07, 6.45) is 2.08. The molecular weight excluding hydrogens is 442 g/mol. The molecule has 1 heterocycles. The molecule has 1 atom stereocenters. The van der Waals surface area contributed by atoms with Crippen LogP contribution in [0.15, 0.2) is 60.7 Å². The van der Waals surface area contributed by atoms with Crippen LogP contribution in [0.1, 0.15) is 34.3 Å². The molecule has 0 spiro atoms. The average molecular weight is 464 g/mol. The van der Waals surface area contributed by atoms with Crippen molar-refractivity contribution < 1.29 is 28.2 Å². The van der Waals surface area contributed by atoms with E-state index in [1.165, 1.54) is 4.90 Å². The molecule has 2 N–H and O–H groups in total. The van der Waals surface area contributed by atoms with Crippen molar-refractivity contribution in [3.63, 3.8) is 0 Å². The van der Waals surface area contributed by atoms with Crippen LogP contribution in [0.25, 0.3) is 11.1 Å². The van der Waals surface area contributed by atoms with E-state index in [9.17, 15) is 23.5 Å². The lowest BCUT2D eigenvalue weighted by Crippen LogP contribution is -2.40. The van der Waals surface area contributed by atoms with E-state index in [2.05, 4.69) is 0 Å². The molecule has 1 fully saturated rings. The molecule has 0 radical (unpaired) electrons. The SMILES string of the molecule is N=Cc1cc(F)c(F)cc1-c1ccc(OCc2cccc(C(=O)N3CCC[C@H]3C(=O)O)c2)cc1. The van der Waals surface area contributed by atoms with E-state index >= 15 is 0 Å². The van der Waals surface area contributed by atoms with Gasteiger partial charge in [-0.1, -0.05) is 24.3 Å². The molecule has 0 saturated carbocycles. The van der Waals surface area contributed by atoms with Crippen LogP contribution in [0.5, 0.6) is 5.75 Å². The minimum atomic E-state index is -1.01. The first-order valence-electron chi connectivity index (χ1n) is 10.7. The van der Waals surface area contributed by atoms with Crippen LogP contribution in [0.3, 0.4) is 0 Å². The van der Waals surface area contributed by atoms with E-state index in [4.69, 9.17) is 10.1 Å². The van der Waals surface area contributed by atoms with Crippen LogP contribution in [0, 0.1) is 17.0 Å². The monoisotopic (exact) mass is 464 g/mol. The van der Waals surface area contributed by atoms with Crippen molar-refractivity contribution >= 4 is 18.1 Å². The third-order valence-corrected chi connectivity index (χ3v) is 5.79. The first-order chi connectivity index (χ1) is 16.4. The summed E-state index contributed by atoms with van der Waals surface area (Å²) in [7, 11) is 0. The van der Waals surface area contributed by atoms with Crippen molar-refractivity contribution in [1.29, 1.82) is 5.41 Å². The van der Waals surface area contributed by atoms with Crippen molar-refractivity contribution in [3.05, 3.63) is 89.0 Å². The zero-order chi connectivity index (χ0) is 24.2. The molecular formula is C26H22F2N2O4. The molecule has 1 amide bonds. The molecule has 174 valence electrons. The Balaban J connectivity index is 1.45. The molecule has 3 aromatic rings. The smallest absolute Gasteiger partial charge is 0.326 e. The molecule has 34 heavy (non-hydrogen) atoms. The van der Waals surface area contributed by atoms with Gasteiger partial charge in [0.2, 0.25) is 0 Å². The lowest BCUT2D eigenvalue weighted by atomic mass is 10.00. The largest absolute Gasteiger partial charge is 0.489 e. The third kappa shape index (κ3) is 4.80. The maximum atomic E-state index is 13.7. The van der Waals surface area contributed by atoms with E-state index in [0.717, 1.165) is 23.9 Å². The number of aliphatic carboxylic acids is 1. The first-order valence-corrected chi connectivity index (χ1v) is 10.7. The Bertz CT molecular complexity index is 1240. The Labute approximate surface area is 194 Å². The fraction of sp³-hybridized carbons (Fsp3) is 0.192. The van der Waals surface area contributed by atoms with Gasteiger partial charge in [0.1, 0.15) is 18.4 Å². The second kappa shape index (κ2) is 9.82. The number of benzene rings is 3. The number of hydrogen-bond donors (Lipinski definition) is 2. The summed E-state index contributed by atoms with van der Waals surface area (Å²) in [5.74, 6) is -2.77. The number of nitrogens with zero attached hydrogens (tertiary/aromatic N) is 1. The molecule has 1 aliphatic heterocycles. The number of likely N-dealkylation sites (tertiary alicyclic amines) is 1. The van der Waals surface area contributed by atoms with Gasteiger partial charge >= 0.3 is 5.97 Å². The number of carbonyl (C=O) groups is 2. The normalized spacial score (nSPS) is 15.2. The maximum absolute atomic E-state index is 13.7. The number of ether oxygens (including phenoxy) is 1. The van der Waals surface area contributed by atoms with Gasteiger partial charge in [-0.2, -0.15) is 0 Å². The highest BCUT2D eigenvalue weighted by Crippen LogP contribution is 2.28. The number of carboxylic acids is 1. The second-order valence-electron chi connectivity index (χ2n) is 8.01. The van der Waals surface area contributed by atoms with Gasteiger partial charge in [-0.15, -0.1) is 0 Å². The summed E-state index contributed by atoms with van der Waals surface area (Å²) in [6, 6.07) is 14.9. The Morgan fingerprint density at radius 3 is 2.53 bits per heavy atom. The lowest BCUT2D eigenvalue weighted by molar-refractivity contribution is -0.141. The zero-order valence-electron chi connectivity index (χ0n) is 18.1. The number of nitrogens with one attached hydrogen (secondary N) is 1. The summed E-state index contributed by atoms with van der Waals surface area (Å²) < 4.78 is 33.0. The van der Waals surface area contributed by atoms with Crippen LogP contribution < -0.4 is 4.74 Å². The number of carbonyl (C=O) groups excluding carboxylic acids is 1. The first kappa shape index (κ1) is 23.1. The van der Waals surface area contributed by atoms with Gasteiger partial charge in [-0.05, 0) is 65.9 Å². The maximum Gasteiger partial charge on any atom is 0.326 e. The van der Waals surface area contributed by atoms with Crippen LogP contribution in [-0.2, 0) is 11.4 Å². The Morgan fingerprint density at radius 1 is 1.09 bits per heavy atom. The number of rotatable bonds is 7. The molecule has 4 rings (SSSR count). The lowest BCUT2D eigenvalue weighted by Gasteiger charge is -2.21. The fourth-order valence-electron chi connectivity index (χ4n) is 4.06.